The summed E-state index contributed by atoms with van der Waals surface area (Å²) in [5.74, 6) is 1.07. The molecule has 1 aromatic heterocycles. The maximum Gasteiger partial charge on any atom is 0.136 e. The molecule has 1 atom stereocenters. The maximum absolute atomic E-state index is 9.06. The quantitative estimate of drug-likeness (QED) is 0.809. The largest absolute Gasteiger partial charge is 0.354 e. The summed E-state index contributed by atoms with van der Waals surface area (Å²) in [6.07, 6.45) is 6.05. The number of anilines is 1. The van der Waals surface area contributed by atoms with Crippen molar-refractivity contribution in [3.8, 4) is 17.2 Å². The zero-order valence-electron chi connectivity index (χ0n) is 17.2. The number of nitriles is 1. The average Bonchev–Trinajstić information content (AvgIpc) is 3.19. The Morgan fingerprint density at radius 2 is 1.83 bits per heavy atom. The number of benzene rings is 1. The fourth-order valence-electron chi connectivity index (χ4n) is 5.77. The van der Waals surface area contributed by atoms with E-state index in [1.165, 1.54) is 32.4 Å². The molecule has 5 rings (SSSR count). The van der Waals surface area contributed by atoms with Crippen molar-refractivity contribution in [1.82, 2.24) is 14.8 Å². The van der Waals surface area contributed by atoms with E-state index in [2.05, 4.69) is 33.9 Å². The predicted molar refractivity (Wildman–Crippen MR) is 116 cm³/mol. The van der Waals surface area contributed by atoms with Gasteiger partial charge in [-0.3, -0.25) is 4.90 Å². The molecule has 29 heavy (non-hydrogen) atoms. The van der Waals surface area contributed by atoms with Crippen LogP contribution >= 0.6 is 0 Å². The summed E-state index contributed by atoms with van der Waals surface area (Å²) in [6.45, 7) is 6.91. The topological polar surface area (TPSA) is 46.4 Å². The molecule has 5 heteroatoms. The van der Waals surface area contributed by atoms with E-state index in [0.717, 1.165) is 49.2 Å². The van der Waals surface area contributed by atoms with Crippen LogP contribution in [0.3, 0.4) is 0 Å². The summed E-state index contributed by atoms with van der Waals surface area (Å²) in [6, 6.07) is 14.9. The Morgan fingerprint density at radius 1 is 1.07 bits per heavy atom. The molecule has 0 radical (unpaired) electrons. The summed E-state index contributed by atoms with van der Waals surface area (Å²) in [4.78, 5) is 12.4. The molecule has 2 aliphatic heterocycles. The van der Waals surface area contributed by atoms with E-state index in [1.54, 1.807) is 0 Å². The van der Waals surface area contributed by atoms with Gasteiger partial charge in [0.15, 0.2) is 0 Å². The molecule has 150 valence electrons. The molecule has 1 saturated carbocycles. The Kier molecular flexibility index (Phi) is 4.77. The van der Waals surface area contributed by atoms with Crippen molar-refractivity contribution < 1.29 is 0 Å². The zero-order valence-corrected chi connectivity index (χ0v) is 17.2. The first kappa shape index (κ1) is 18.6. The Balaban J connectivity index is 1.26. The van der Waals surface area contributed by atoms with E-state index in [0.29, 0.717) is 11.0 Å². The predicted octanol–water partition coefficient (Wildman–Crippen LogP) is 3.23. The van der Waals surface area contributed by atoms with Crippen LogP contribution in [-0.2, 0) is 0 Å². The smallest absolute Gasteiger partial charge is 0.136 e. The van der Waals surface area contributed by atoms with Gasteiger partial charge in [-0.2, -0.15) is 5.26 Å². The SMILES string of the molecule is CN1CC2(CCC(N3CCN(c4ncccc4-c4ccc(C#N)cc4)CC3)C2)C1. The van der Waals surface area contributed by atoms with Crippen LogP contribution in [-0.4, -0.2) is 67.1 Å². The monoisotopic (exact) mass is 387 g/mol. The number of hydrogen-bond donors (Lipinski definition) is 0. The van der Waals surface area contributed by atoms with Gasteiger partial charge in [-0.1, -0.05) is 12.1 Å². The minimum Gasteiger partial charge on any atom is -0.354 e. The standard InChI is InChI=1S/C24H29N5/c1-27-17-24(18-27)9-8-21(15-24)28-11-13-29(14-12-28)23-22(3-2-10-26-23)20-6-4-19(16-25)5-7-20/h2-7,10,21H,8-9,11-15,17-18H2,1H3. The first-order valence-corrected chi connectivity index (χ1v) is 10.8. The molecule has 2 aromatic rings. The van der Waals surface area contributed by atoms with Crippen molar-refractivity contribution in [3.63, 3.8) is 0 Å². The molecule has 0 bridgehead atoms. The van der Waals surface area contributed by atoms with Crippen LogP contribution in [0.25, 0.3) is 11.1 Å². The lowest BCUT2D eigenvalue weighted by atomic mass is 9.78. The summed E-state index contributed by atoms with van der Waals surface area (Å²) >= 11 is 0. The molecule has 3 aliphatic rings. The number of aromatic nitrogens is 1. The molecule has 3 heterocycles. The molecule has 5 nitrogen and oxygen atoms in total. The fraction of sp³-hybridized carbons (Fsp3) is 0.500. The maximum atomic E-state index is 9.06. The van der Waals surface area contributed by atoms with Crippen LogP contribution in [0, 0.1) is 16.7 Å². The van der Waals surface area contributed by atoms with E-state index in [9.17, 15) is 0 Å². The van der Waals surface area contributed by atoms with E-state index in [-0.39, 0.29) is 0 Å². The number of nitrogens with zero attached hydrogens (tertiary/aromatic N) is 5. The van der Waals surface area contributed by atoms with Crippen LogP contribution < -0.4 is 4.90 Å². The lowest BCUT2D eigenvalue weighted by Crippen LogP contribution is -2.54. The molecule has 1 aromatic carbocycles. The normalized spacial score (nSPS) is 24.4. The molecular weight excluding hydrogens is 358 g/mol. The molecule has 3 fully saturated rings. The highest BCUT2D eigenvalue weighted by Crippen LogP contribution is 2.46. The van der Waals surface area contributed by atoms with Crippen LogP contribution in [0.4, 0.5) is 5.82 Å². The average molecular weight is 388 g/mol. The van der Waals surface area contributed by atoms with Crippen LogP contribution in [0.15, 0.2) is 42.6 Å². The first-order valence-electron chi connectivity index (χ1n) is 10.8. The highest BCUT2D eigenvalue weighted by Gasteiger charge is 2.48. The molecule has 1 aliphatic carbocycles. The Hall–Kier alpha value is -2.42. The van der Waals surface area contributed by atoms with E-state index in [1.807, 2.05) is 36.5 Å². The van der Waals surface area contributed by atoms with Crippen LogP contribution in [0.1, 0.15) is 24.8 Å². The third-order valence-electron chi connectivity index (χ3n) is 7.13. The van der Waals surface area contributed by atoms with Gasteiger partial charge in [0.05, 0.1) is 11.6 Å². The van der Waals surface area contributed by atoms with Gasteiger partial charge in [0.25, 0.3) is 0 Å². The van der Waals surface area contributed by atoms with Gasteiger partial charge in [-0.05, 0) is 61.6 Å². The van der Waals surface area contributed by atoms with Crippen LogP contribution in [0.2, 0.25) is 0 Å². The summed E-state index contributed by atoms with van der Waals surface area (Å²) in [7, 11) is 2.25. The van der Waals surface area contributed by atoms with Crippen LogP contribution in [0.5, 0.6) is 0 Å². The van der Waals surface area contributed by atoms with Gasteiger partial charge in [0.1, 0.15) is 5.82 Å². The minimum absolute atomic E-state index is 0.625. The van der Waals surface area contributed by atoms with E-state index in [4.69, 9.17) is 10.2 Å². The number of rotatable bonds is 3. The Labute approximate surface area is 173 Å². The molecule has 0 amide bonds. The highest BCUT2D eigenvalue weighted by atomic mass is 15.3. The number of hydrogen-bond acceptors (Lipinski definition) is 5. The Morgan fingerprint density at radius 3 is 2.52 bits per heavy atom. The van der Waals surface area contributed by atoms with Gasteiger partial charge in [-0.25, -0.2) is 4.98 Å². The van der Waals surface area contributed by atoms with Gasteiger partial charge in [-0.15, -0.1) is 0 Å². The van der Waals surface area contributed by atoms with Crippen molar-refractivity contribution >= 4 is 5.82 Å². The highest BCUT2D eigenvalue weighted by molar-refractivity contribution is 5.76. The van der Waals surface area contributed by atoms with Crippen molar-refractivity contribution in [2.24, 2.45) is 5.41 Å². The molecule has 2 saturated heterocycles. The number of pyridine rings is 1. The third kappa shape index (κ3) is 3.52. The van der Waals surface area contributed by atoms with E-state index >= 15 is 0 Å². The van der Waals surface area contributed by atoms with Gasteiger partial charge >= 0.3 is 0 Å². The zero-order chi connectivity index (χ0) is 19.8. The number of piperazine rings is 1. The van der Waals surface area contributed by atoms with Gasteiger partial charge in [0, 0.05) is 57.1 Å². The van der Waals surface area contributed by atoms with Crippen molar-refractivity contribution in [2.75, 3.05) is 51.2 Å². The summed E-state index contributed by atoms with van der Waals surface area (Å²) in [5.41, 5.74) is 3.60. The number of likely N-dealkylation sites (tertiary alicyclic amines) is 1. The second-order valence-corrected chi connectivity index (χ2v) is 9.16. The lowest BCUT2D eigenvalue weighted by Gasteiger charge is -2.47. The van der Waals surface area contributed by atoms with Gasteiger partial charge < -0.3 is 9.80 Å². The molecule has 1 unspecified atom stereocenters. The summed E-state index contributed by atoms with van der Waals surface area (Å²) in [5, 5.41) is 9.06. The lowest BCUT2D eigenvalue weighted by molar-refractivity contribution is 0.0204. The minimum atomic E-state index is 0.625. The third-order valence-corrected chi connectivity index (χ3v) is 7.13. The summed E-state index contributed by atoms with van der Waals surface area (Å²) < 4.78 is 0. The van der Waals surface area contributed by atoms with Crippen molar-refractivity contribution in [1.29, 1.82) is 5.26 Å². The molecule has 0 N–H and O–H groups in total. The second-order valence-electron chi connectivity index (χ2n) is 9.16. The molecule has 1 spiro atoms. The fourth-order valence-corrected chi connectivity index (χ4v) is 5.77. The Bertz CT molecular complexity index is 902. The first-order chi connectivity index (χ1) is 14.2. The second kappa shape index (κ2) is 7.44. The molecular formula is C24H29N5. The van der Waals surface area contributed by atoms with E-state index < -0.39 is 0 Å². The van der Waals surface area contributed by atoms with Gasteiger partial charge in [0.2, 0.25) is 0 Å². The van der Waals surface area contributed by atoms with Crippen molar-refractivity contribution in [3.05, 3.63) is 48.2 Å². The van der Waals surface area contributed by atoms with Crippen molar-refractivity contribution in [2.45, 2.75) is 25.3 Å².